The van der Waals surface area contributed by atoms with Crippen LogP contribution in [0.25, 0.3) is 10.9 Å². The van der Waals surface area contributed by atoms with Gasteiger partial charge in [-0.05, 0) is 61.3 Å². The maximum absolute atomic E-state index is 13.4. The van der Waals surface area contributed by atoms with E-state index in [9.17, 15) is 18.0 Å². The van der Waals surface area contributed by atoms with E-state index >= 15 is 0 Å². The first-order valence-corrected chi connectivity index (χ1v) is 10.2. The van der Waals surface area contributed by atoms with E-state index in [2.05, 4.69) is 16.8 Å². The predicted molar refractivity (Wildman–Crippen MR) is 107 cm³/mol. The van der Waals surface area contributed by atoms with Crippen LogP contribution in [0.1, 0.15) is 38.2 Å². The van der Waals surface area contributed by atoms with Gasteiger partial charge in [0, 0.05) is 36.8 Å². The lowest BCUT2D eigenvalue weighted by atomic mass is 9.85. The van der Waals surface area contributed by atoms with E-state index < -0.39 is 11.7 Å². The van der Waals surface area contributed by atoms with Crippen LogP contribution in [-0.2, 0) is 11.0 Å². The molecule has 7 heteroatoms. The van der Waals surface area contributed by atoms with Crippen molar-refractivity contribution in [2.45, 2.75) is 44.8 Å². The molecule has 0 bridgehead atoms. The van der Waals surface area contributed by atoms with Crippen LogP contribution in [0.5, 0.6) is 0 Å². The number of rotatable bonds is 5. The lowest BCUT2D eigenvalue weighted by Crippen LogP contribution is -2.42. The second-order valence-corrected chi connectivity index (χ2v) is 8.68. The number of aromatic nitrogens is 1. The fourth-order valence-corrected chi connectivity index (χ4v) is 4.63. The number of pyridine rings is 1. The Morgan fingerprint density at radius 1 is 1.28 bits per heavy atom. The Hall–Kier alpha value is -2.15. The molecule has 3 atom stereocenters. The predicted octanol–water partition coefficient (Wildman–Crippen LogP) is 4.41. The molecule has 0 radical (unpaired) electrons. The number of benzene rings is 1. The molecule has 4 rings (SSSR count). The van der Waals surface area contributed by atoms with Crippen LogP contribution in [0.3, 0.4) is 0 Å². The number of nitrogens with two attached hydrogens (primary N) is 1. The molecule has 4 nitrogen and oxygen atoms in total. The molecular formula is C22H26F3N3O. The van der Waals surface area contributed by atoms with Crippen molar-refractivity contribution in [3.8, 4) is 0 Å². The van der Waals surface area contributed by atoms with Gasteiger partial charge in [0.25, 0.3) is 0 Å². The fraction of sp³-hybridized carbons (Fsp3) is 0.545. The first-order valence-electron chi connectivity index (χ1n) is 10.2. The highest BCUT2D eigenvalue weighted by atomic mass is 19.4. The molecular weight excluding hydrogens is 379 g/mol. The molecule has 1 saturated heterocycles. The summed E-state index contributed by atoms with van der Waals surface area (Å²) in [4.78, 5) is 18.7. The van der Waals surface area contributed by atoms with Crippen LogP contribution < -0.4 is 10.6 Å². The Bertz CT molecular complexity index is 910. The SMILES string of the molecule is C[C@H]1C[C@@H](CC(=O)C(N)C2CC2)CN(c2ccc(C(F)(F)F)c3ncccc23)C1. The maximum atomic E-state index is 13.4. The van der Waals surface area contributed by atoms with E-state index in [-0.39, 0.29) is 23.3 Å². The van der Waals surface area contributed by atoms with E-state index in [1.807, 2.05) is 0 Å². The van der Waals surface area contributed by atoms with Crippen molar-refractivity contribution in [2.75, 3.05) is 18.0 Å². The second-order valence-electron chi connectivity index (χ2n) is 8.68. The van der Waals surface area contributed by atoms with Crippen LogP contribution in [-0.4, -0.2) is 29.9 Å². The van der Waals surface area contributed by atoms with Crippen LogP contribution in [0.15, 0.2) is 30.5 Å². The van der Waals surface area contributed by atoms with E-state index in [0.29, 0.717) is 30.2 Å². The average Bonchev–Trinajstić information content (AvgIpc) is 3.50. The summed E-state index contributed by atoms with van der Waals surface area (Å²) in [5, 5.41) is 0.496. The zero-order chi connectivity index (χ0) is 20.8. The van der Waals surface area contributed by atoms with Crippen molar-refractivity contribution < 1.29 is 18.0 Å². The number of hydrogen-bond acceptors (Lipinski definition) is 4. The standard InChI is InChI=1S/C22H26F3N3O/c1-13-9-14(10-19(29)20(26)15-4-5-15)12-28(11-13)18-7-6-17(22(23,24)25)21-16(18)3-2-8-27-21/h2-3,6-8,13-15,20H,4-5,9-12,26H2,1H3/t13-,14-,20?/m0/s1. The third-order valence-corrected chi connectivity index (χ3v) is 6.13. The van der Waals surface area contributed by atoms with E-state index in [1.54, 1.807) is 18.2 Å². The second kappa shape index (κ2) is 7.59. The average molecular weight is 405 g/mol. The minimum absolute atomic E-state index is 0.0286. The number of ketones is 1. The van der Waals surface area contributed by atoms with Crippen LogP contribution in [0, 0.1) is 17.8 Å². The van der Waals surface area contributed by atoms with Gasteiger partial charge in [-0.2, -0.15) is 13.2 Å². The van der Waals surface area contributed by atoms with Gasteiger partial charge in [0.15, 0.2) is 0 Å². The zero-order valence-electron chi connectivity index (χ0n) is 16.5. The summed E-state index contributed by atoms with van der Waals surface area (Å²) in [5.41, 5.74) is 6.07. The van der Waals surface area contributed by atoms with Gasteiger partial charge in [-0.1, -0.05) is 6.92 Å². The largest absolute Gasteiger partial charge is 0.418 e. The van der Waals surface area contributed by atoms with Crippen molar-refractivity contribution in [3.05, 3.63) is 36.0 Å². The molecule has 2 N–H and O–H groups in total. The first-order chi connectivity index (χ1) is 13.7. The van der Waals surface area contributed by atoms with Gasteiger partial charge in [-0.3, -0.25) is 9.78 Å². The number of halogens is 3. The Balaban J connectivity index is 1.60. The maximum Gasteiger partial charge on any atom is 0.418 e. The summed E-state index contributed by atoms with van der Waals surface area (Å²) in [7, 11) is 0. The highest BCUT2D eigenvalue weighted by Gasteiger charge is 2.37. The molecule has 156 valence electrons. The number of nitrogens with zero attached hydrogens (tertiary/aromatic N) is 2. The number of carbonyl (C=O) groups is 1. The van der Waals surface area contributed by atoms with Crippen molar-refractivity contribution in [1.82, 2.24) is 4.98 Å². The minimum atomic E-state index is -4.45. The van der Waals surface area contributed by atoms with Crippen LogP contribution >= 0.6 is 0 Å². The smallest absolute Gasteiger partial charge is 0.370 e. The Morgan fingerprint density at radius 3 is 2.72 bits per heavy atom. The van der Waals surface area contributed by atoms with Crippen molar-refractivity contribution in [3.63, 3.8) is 0 Å². The Kier molecular flexibility index (Phi) is 5.27. The monoisotopic (exact) mass is 405 g/mol. The van der Waals surface area contributed by atoms with Gasteiger partial charge in [-0.15, -0.1) is 0 Å². The number of carbonyl (C=O) groups excluding carboxylic acids is 1. The van der Waals surface area contributed by atoms with Crippen LogP contribution in [0.2, 0.25) is 0 Å². The molecule has 1 aromatic heterocycles. The molecule has 1 aliphatic heterocycles. The molecule has 2 fully saturated rings. The molecule has 29 heavy (non-hydrogen) atoms. The van der Waals surface area contributed by atoms with Gasteiger partial charge >= 0.3 is 6.18 Å². The van der Waals surface area contributed by atoms with Crippen molar-refractivity contribution in [2.24, 2.45) is 23.5 Å². The third kappa shape index (κ3) is 4.25. The molecule has 1 saturated carbocycles. The summed E-state index contributed by atoms with van der Waals surface area (Å²) >= 11 is 0. The van der Waals surface area contributed by atoms with Crippen LogP contribution in [0.4, 0.5) is 18.9 Å². The number of Topliss-reactive ketones (excluding diaryl/α,β-unsaturated/α-hetero) is 1. The normalized spacial score (nSPS) is 24.0. The summed E-state index contributed by atoms with van der Waals surface area (Å²) in [5.74, 6) is 0.952. The molecule has 0 amide bonds. The first kappa shape index (κ1) is 20.1. The number of alkyl halides is 3. The fourth-order valence-electron chi connectivity index (χ4n) is 4.63. The zero-order valence-corrected chi connectivity index (χ0v) is 16.5. The molecule has 1 aromatic carbocycles. The molecule has 1 aliphatic carbocycles. The summed E-state index contributed by atoms with van der Waals surface area (Å²) in [6.07, 6.45) is 0.371. The van der Waals surface area contributed by atoms with Gasteiger partial charge in [0.2, 0.25) is 0 Å². The highest BCUT2D eigenvalue weighted by molar-refractivity contribution is 5.94. The van der Waals surface area contributed by atoms with Crippen molar-refractivity contribution in [1.29, 1.82) is 0 Å². The number of hydrogen-bond donors (Lipinski definition) is 1. The van der Waals surface area contributed by atoms with Gasteiger partial charge in [0.05, 0.1) is 17.1 Å². The summed E-state index contributed by atoms with van der Waals surface area (Å²) < 4.78 is 40.2. The van der Waals surface area contributed by atoms with E-state index in [0.717, 1.165) is 37.6 Å². The molecule has 2 heterocycles. The molecule has 1 unspecified atom stereocenters. The third-order valence-electron chi connectivity index (χ3n) is 6.13. The van der Waals surface area contributed by atoms with E-state index in [4.69, 9.17) is 5.73 Å². The minimum Gasteiger partial charge on any atom is -0.370 e. The van der Waals surface area contributed by atoms with Gasteiger partial charge in [-0.25, -0.2) is 0 Å². The molecule has 2 aromatic rings. The lowest BCUT2D eigenvalue weighted by molar-refractivity contribution is -0.136. The molecule has 2 aliphatic rings. The van der Waals surface area contributed by atoms with Gasteiger partial charge < -0.3 is 10.6 Å². The lowest BCUT2D eigenvalue weighted by Gasteiger charge is -2.38. The number of fused-ring (bicyclic) bond motifs is 1. The van der Waals surface area contributed by atoms with Gasteiger partial charge in [0.1, 0.15) is 5.78 Å². The van der Waals surface area contributed by atoms with E-state index in [1.165, 1.54) is 6.20 Å². The molecule has 0 spiro atoms. The summed E-state index contributed by atoms with van der Waals surface area (Å²) in [6, 6.07) is 5.65. The Labute approximate surface area is 168 Å². The highest BCUT2D eigenvalue weighted by Crippen LogP contribution is 2.39. The summed E-state index contributed by atoms with van der Waals surface area (Å²) in [6.45, 7) is 3.51. The topological polar surface area (TPSA) is 59.2 Å². The number of anilines is 1. The Morgan fingerprint density at radius 2 is 2.03 bits per heavy atom. The quantitative estimate of drug-likeness (QED) is 0.800. The number of piperidine rings is 1. The van der Waals surface area contributed by atoms with Crippen molar-refractivity contribution >= 4 is 22.4 Å².